The Balaban J connectivity index is 1.99. The zero-order valence-corrected chi connectivity index (χ0v) is 14.2. The molecule has 3 aromatic rings. The summed E-state index contributed by atoms with van der Waals surface area (Å²) in [6.07, 6.45) is 0. The molecule has 2 N–H and O–H groups in total. The molecular weight excluding hydrogens is 346 g/mol. The van der Waals surface area contributed by atoms with Crippen molar-refractivity contribution in [3.8, 4) is 0 Å². The lowest BCUT2D eigenvalue weighted by Crippen LogP contribution is -2.31. The Morgan fingerprint density at radius 1 is 1.17 bits per heavy atom. The lowest BCUT2D eigenvalue weighted by Gasteiger charge is -2.12. The van der Waals surface area contributed by atoms with Crippen LogP contribution in [0.2, 0.25) is 5.02 Å². The van der Waals surface area contributed by atoms with Gasteiger partial charge < -0.3 is 5.73 Å². The van der Waals surface area contributed by atoms with Crippen LogP contribution in [0, 0.1) is 0 Å². The van der Waals surface area contributed by atoms with Gasteiger partial charge in [-0.1, -0.05) is 23.7 Å². The molecule has 0 radical (unpaired) electrons. The molecule has 0 atom stereocenters. The molecule has 0 saturated carbocycles. The van der Waals surface area contributed by atoms with Crippen LogP contribution in [0.4, 0.5) is 0 Å². The van der Waals surface area contributed by atoms with Gasteiger partial charge in [-0.3, -0.25) is 14.2 Å². The number of nitrogens with zero attached hydrogens (tertiary/aromatic N) is 2. The van der Waals surface area contributed by atoms with Gasteiger partial charge in [0.15, 0.2) is 0 Å². The topological polar surface area (TPSA) is 78.0 Å². The minimum Gasteiger partial charge on any atom is -0.368 e. The third-order valence-corrected chi connectivity index (χ3v) is 4.70. The highest BCUT2D eigenvalue weighted by Gasteiger charge is 2.13. The van der Waals surface area contributed by atoms with E-state index in [0.717, 1.165) is 4.90 Å². The minimum absolute atomic E-state index is 0.187. The standard InChI is InChI=1S/C17H14ClN3O2S/c18-11-5-7-12(8-6-11)24-10-16-20-14-4-2-1-3-13(14)17(23)21(16)9-15(19)22/h1-8H,9-10H2,(H2,19,22). The fourth-order valence-corrected chi connectivity index (χ4v) is 3.29. The summed E-state index contributed by atoms with van der Waals surface area (Å²) in [4.78, 5) is 29.5. The molecule has 0 fully saturated rings. The summed E-state index contributed by atoms with van der Waals surface area (Å²) in [5, 5.41) is 1.13. The normalized spacial score (nSPS) is 10.9. The third-order valence-electron chi connectivity index (χ3n) is 3.44. The van der Waals surface area contributed by atoms with Crippen LogP contribution < -0.4 is 11.3 Å². The Bertz CT molecular complexity index is 954. The average molecular weight is 360 g/mol. The molecule has 1 amide bonds. The predicted octanol–water partition coefficient (Wildman–Crippen LogP) is 2.83. The van der Waals surface area contributed by atoms with Gasteiger partial charge in [0.05, 0.1) is 16.7 Å². The van der Waals surface area contributed by atoms with E-state index in [0.29, 0.717) is 27.5 Å². The molecule has 0 aliphatic heterocycles. The van der Waals surface area contributed by atoms with E-state index in [1.807, 2.05) is 18.2 Å². The number of benzene rings is 2. The number of fused-ring (bicyclic) bond motifs is 1. The van der Waals surface area contributed by atoms with Crippen molar-refractivity contribution in [3.63, 3.8) is 0 Å². The molecule has 0 aliphatic carbocycles. The number of rotatable bonds is 5. The van der Waals surface area contributed by atoms with Crippen LogP contribution in [0.25, 0.3) is 10.9 Å². The molecule has 122 valence electrons. The third kappa shape index (κ3) is 3.60. The first-order chi connectivity index (χ1) is 11.5. The number of hydrogen-bond acceptors (Lipinski definition) is 4. The Hall–Kier alpha value is -2.31. The van der Waals surface area contributed by atoms with Crippen LogP contribution >= 0.6 is 23.4 Å². The molecule has 24 heavy (non-hydrogen) atoms. The average Bonchev–Trinajstić information content (AvgIpc) is 2.57. The van der Waals surface area contributed by atoms with Crippen LogP contribution in [-0.2, 0) is 17.1 Å². The molecule has 1 heterocycles. The highest BCUT2D eigenvalue weighted by molar-refractivity contribution is 7.98. The van der Waals surface area contributed by atoms with Gasteiger partial charge in [-0.15, -0.1) is 11.8 Å². The van der Waals surface area contributed by atoms with Crippen molar-refractivity contribution in [1.82, 2.24) is 9.55 Å². The summed E-state index contributed by atoms with van der Waals surface area (Å²) in [6.45, 7) is -0.187. The van der Waals surface area contributed by atoms with Crippen molar-refractivity contribution >= 4 is 40.2 Å². The molecule has 7 heteroatoms. The molecule has 0 bridgehead atoms. The Kier molecular flexibility index (Phi) is 4.87. The number of carbonyl (C=O) groups excluding carboxylic acids is 1. The van der Waals surface area contributed by atoms with E-state index in [4.69, 9.17) is 17.3 Å². The zero-order valence-electron chi connectivity index (χ0n) is 12.6. The number of nitrogens with two attached hydrogens (primary N) is 1. The molecule has 0 saturated heterocycles. The van der Waals surface area contributed by atoms with Gasteiger partial charge in [-0.05, 0) is 36.4 Å². The monoisotopic (exact) mass is 359 g/mol. The second kappa shape index (κ2) is 7.07. The van der Waals surface area contributed by atoms with E-state index in [-0.39, 0.29) is 12.1 Å². The molecule has 2 aromatic carbocycles. The number of primary amides is 1. The largest absolute Gasteiger partial charge is 0.368 e. The van der Waals surface area contributed by atoms with Crippen molar-refractivity contribution < 1.29 is 4.79 Å². The Labute approximate surface area is 147 Å². The highest BCUT2D eigenvalue weighted by Crippen LogP contribution is 2.24. The lowest BCUT2D eigenvalue weighted by atomic mass is 10.2. The van der Waals surface area contributed by atoms with E-state index in [1.165, 1.54) is 16.3 Å². The second-order valence-corrected chi connectivity index (χ2v) is 6.63. The zero-order chi connectivity index (χ0) is 17.1. The first kappa shape index (κ1) is 16.5. The number of thioether (sulfide) groups is 1. The summed E-state index contributed by atoms with van der Waals surface area (Å²) in [5.41, 5.74) is 5.63. The second-order valence-electron chi connectivity index (χ2n) is 5.15. The molecule has 3 rings (SSSR count). The van der Waals surface area contributed by atoms with Crippen LogP contribution in [0.5, 0.6) is 0 Å². The molecule has 0 spiro atoms. The van der Waals surface area contributed by atoms with Crippen LogP contribution in [0.3, 0.4) is 0 Å². The van der Waals surface area contributed by atoms with Crippen LogP contribution in [0.15, 0.2) is 58.2 Å². The summed E-state index contributed by atoms with van der Waals surface area (Å²) in [5.74, 6) is 0.374. The maximum absolute atomic E-state index is 12.6. The van der Waals surface area contributed by atoms with Gasteiger partial charge in [0.1, 0.15) is 12.4 Å². The van der Waals surface area contributed by atoms with Crippen molar-refractivity contribution in [3.05, 3.63) is 69.7 Å². The lowest BCUT2D eigenvalue weighted by molar-refractivity contribution is -0.118. The fraction of sp³-hybridized carbons (Fsp3) is 0.118. The molecular formula is C17H14ClN3O2S. The number of carbonyl (C=O) groups is 1. The van der Waals surface area contributed by atoms with E-state index in [9.17, 15) is 9.59 Å². The van der Waals surface area contributed by atoms with Crippen LogP contribution in [0.1, 0.15) is 5.82 Å². The molecule has 5 nitrogen and oxygen atoms in total. The number of hydrogen-bond donors (Lipinski definition) is 1. The molecule has 0 aliphatic rings. The number of para-hydroxylation sites is 1. The predicted molar refractivity (Wildman–Crippen MR) is 96.2 cm³/mol. The Morgan fingerprint density at radius 3 is 2.58 bits per heavy atom. The van der Waals surface area contributed by atoms with Crippen molar-refractivity contribution in [2.75, 3.05) is 0 Å². The van der Waals surface area contributed by atoms with Crippen molar-refractivity contribution in [2.24, 2.45) is 5.73 Å². The summed E-state index contributed by atoms with van der Waals surface area (Å²) in [7, 11) is 0. The van der Waals surface area contributed by atoms with Crippen molar-refractivity contribution in [1.29, 1.82) is 0 Å². The van der Waals surface area contributed by atoms with E-state index in [1.54, 1.807) is 30.3 Å². The molecule has 0 unspecified atom stereocenters. The summed E-state index contributed by atoms with van der Waals surface area (Å²) in [6, 6.07) is 14.4. The van der Waals surface area contributed by atoms with Gasteiger partial charge in [0.25, 0.3) is 5.56 Å². The maximum Gasteiger partial charge on any atom is 0.261 e. The summed E-state index contributed by atoms with van der Waals surface area (Å²) < 4.78 is 1.34. The quantitative estimate of drug-likeness (QED) is 0.710. The Morgan fingerprint density at radius 2 is 1.88 bits per heavy atom. The number of amides is 1. The minimum atomic E-state index is -0.577. The maximum atomic E-state index is 12.6. The van der Waals surface area contributed by atoms with E-state index in [2.05, 4.69) is 4.98 Å². The van der Waals surface area contributed by atoms with Crippen molar-refractivity contribution in [2.45, 2.75) is 17.2 Å². The molecule has 1 aromatic heterocycles. The van der Waals surface area contributed by atoms with Gasteiger partial charge in [-0.25, -0.2) is 4.98 Å². The first-order valence-corrected chi connectivity index (χ1v) is 8.56. The highest BCUT2D eigenvalue weighted by atomic mass is 35.5. The number of halogens is 1. The fourth-order valence-electron chi connectivity index (χ4n) is 2.32. The smallest absolute Gasteiger partial charge is 0.261 e. The summed E-state index contributed by atoms with van der Waals surface area (Å²) >= 11 is 7.39. The number of aromatic nitrogens is 2. The SMILES string of the molecule is NC(=O)Cn1c(CSc2ccc(Cl)cc2)nc2ccccc2c1=O. The van der Waals surface area contributed by atoms with Gasteiger partial charge in [-0.2, -0.15) is 0 Å². The van der Waals surface area contributed by atoms with Crippen LogP contribution in [-0.4, -0.2) is 15.5 Å². The van der Waals surface area contributed by atoms with E-state index >= 15 is 0 Å². The van der Waals surface area contributed by atoms with Gasteiger partial charge in [0, 0.05) is 9.92 Å². The van der Waals surface area contributed by atoms with E-state index < -0.39 is 5.91 Å². The first-order valence-electron chi connectivity index (χ1n) is 7.20. The van der Waals surface area contributed by atoms with Gasteiger partial charge in [0.2, 0.25) is 5.91 Å². The van der Waals surface area contributed by atoms with Gasteiger partial charge >= 0.3 is 0 Å².